The molecule has 1 saturated carbocycles. The maximum absolute atomic E-state index is 13.4. The Morgan fingerprint density at radius 3 is 2.76 bits per heavy atom. The van der Waals surface area contributed by atoms with E-state index in [0.29, 0.717) is 44.8 Å². The lowest BCUT2D eigenvalue weighted by atomic mass is 10.1. The fraction of sp³-hybridized carbons (Fsp3) is 0.519. The average Bonchev–Trinajstić information content (AvgIpc) is 3.72. The Balaban J connectivity index is 1.23. The maximum Gasteiger partial charge on any atom is 0.257 e. The molecule has 1 aliphatic carbocycles. The molecule has 5 heterocycles. The fourth-order valence-electron chi connectivity index (χ4n) is 5.51. The number of nitrogens with one attached hydrogen (secondary N) is 1. The third-order valence-electron chi connectivity index (χ3n) is 7.68. The van der Waals surface area contributed by atoms with Crippen molar-refractivity contribution in [2.45, 2.75) is 37.6 Å². The second-order valence-corrected chi connectivity index (χ2v) is 10.5. The van der Waals surface area contributed by atoms with Crippen LogP contribution in [-0.2, 0) is 20.9 Å². The second kappa shape index (κ2) is 10.7. The summed E-state index contributed by atoms with van der Waals surface area (Å²) in [6.07, 6.45) is 6.64. The van der Waals surface area contributed by atoms with Gasteiger partial charge < -0.3 is 24.6 Å². The number of ether oxygens (including phenoxy) is 2. The van der Waals surface area contributed by atoms with E-state index in [9.17, 15) is 14.4 Å². The van der Waals surface area contributed by atoms with E-state index in [1.807, 2.05) is 23.2 Å². The van der Waals surface area contributed by atoms with Gasteiger partial charge in [-0.15, -0.1) is 0 Å². The van der Waals surface area contributed by atoms with Crippen molar-refractivity contribution >= 4 is 17.7 Å². The van der Waals surface area contributed by atoms with Crippen LogP contribution in [0.15, 0.2) is 42.9 Å². The molecule has 0 spiro atoms. The summed E-state index contributed by atoms with van der Waals surface area (Å²) in [6, 6.07) is 6.62. The SMILES string of the molecule is O=C1N[C@@H]2CN(Cc3cccnc3)C[C@@H]2OCC(=O)N2CCN(C(=O)C3CC3)C[C@H]2COc2ncccc21. The van der Waals surface area contributed by atoms with Gasteiger partial charge in [0, 0.05) is 63.8 Å². The van der Waals surface area contributed by atoms with Crippen LogP contribution >= 0.6 is 0 Å². The minimum atomic E-state index is -0.363. The quantitative estimate of drug-likeness (QED) is 0.615. The molecule has 11 heteroatoms. The van der Waals surface area contributed by atoms with Gasteiger partial charge in [0.15, 0.2) is 0 Å². The number of fused-ring (bicyclic) bond motifs is 3. The predicted octanol–water partition coefficient (Wildman–Crippen LogP) is 0.318. The van der Waals surface area contributed by atoms with Gasteiger partial charge in [-0.2, -0.15) is 0 Å². The number of carbonyl (C=O) groups excluding carboxylic acids is 3. The molecule has 3 amide bonds. The topological polar surface area (TPSA) is 117 Å². The number of rotatable bonds is 3. The Hall–Kier alpha value is -3.57. The minimum absolute atomic E-state index is 0.101. The summed E-state index contributed by atoms with van der Waals surface area (Å²) in [4.78, 5) is 53.7. The molecule has 200 valence electrons. The summed E-state index contributed by atoms with van der Waals surface area (Å²) >= 11 is 0. The Morgan fingerprint density at radius 1 is 1.08 bits per heavy atom. The Labute approximate surface area is 221 Å². The van der Waals surface area contributed by atoms with Gasteiger partial charge in [0.25, 0.3) is 5.91 Å². The van der Waals surface area contributed by atoms with Crippen LogP contribution in [0.2, 0.25) is 0 Å². The van der Waals surface area contributed by atoms with Crippen LogP contribution in [0.5, 0.6) is 5.88 Å². The van der Waals surface area contributed by atoms with Gasteiger partial charge in [-0.1, -0.05) is 6.07 Å². The zero-order chi connectivity index (χ0) is 26.1. The Morgan fingerprint density at radius 2 is 1.95 bits per heavy atom. The third-order valence-corrected chi connectivity index (χ3v) is 7.68. The zero-order valence-corrected chi connectivity index (χ0v) is 21.2. The molecule has 4 aliphatic rings. The van der Waals surface area contributed by atoms with Gasteiger partial charge in [0.1, 0.15) is 18.8 Å². The highest BCUT2D eigenvalue weighted by molar-refractivity contribution is 5.96. The van der Waals surface area contributed by atoms with Gasteiger partial charge in [-0.3, -0.25) is 24.3 Å². The van der Waals surface area contributed by atoms with E-state index >= 15 is 0 Å². The fourth-order valence-corrected chi connectivity index (χ4v) is 5.51. The number of aromatic nitrogens is 2. The molecule has 2 aromatic rings. The van der Waals surface area contributed by atoms with Crippen molar-refractivity contribution in [2.75, 3.05) is 45.9 Å². The first-order valence-corrected chi connectivity index (χ1v) is 13.2. The van der Waals surface area contributed by atoms with Crippen molar-refractivity contribution in [1.29, 1.82) is 0 Å². The Kier molecular flexibility index (Phi) is 6.94. The van der Waals surface area contributed by atoms with Gasteiger partial charge >= 0.3 is 0 Å². The van der Waals surface area contributed by atoms with Crippen LogP contribution in [0.4, 0.5) is 0 Å². The average molecular weight is 521 g/mol. The first-order chi connectivity index (χ1) is 18.5. The van der Waals surface area contributed by atoms with Gasteiger partial charge in [-0.05, 0) is 36.6 Å². The summed E-state index contributed by atoms with van der Waals surface area (Å²) in [5, 5.41) is 3.09. The second-order valence-electron chi connectivity index (χ2n) is 10.5. The Bertz CT molecular complexity index is 1190. The van der Waals surface area contributed by atoms with Crippen LogP contribution in [-0.4, -0.2) is 107 Å². The lowest BCUT2D eigenvalue weighted by molar-refractivity contribution is -0.149. The summed E-state index contributed by atoms with van der Waals surface area (Å²) < 4.78 is 12.2. The largest absolute Gasteiger partial charge is 0.475 e. The molecule has 3 fully saturated rings. The molecular weight excluding hydrogens is 488 g/mol. The predicted molar refractivity (Wildman–Crippen MR) is 135 cm³/mol. The smallest absolute Gasteiger partial charge is 0.257 e. The highest BCUT2D eigenvalue weighted by Gasteiger charge is 2.40. The van der Waals surface area contributed by atoms with Crippen molar-refractivity contribution in [2.24, 2.45) is 5.92 Å². The number of carbonyl (C=O) groups is 3. The van der Waals surface area contributed by atoms with E-state index in [-0.39, 0.29) is 60.9 Å². The molecule has 3 atom stereocenters. The highest BCUT2D eigenvalue weighted by Crippen LogP contribution is 2.32. The van der Waals surface area contributed by atoms with Crippen molar-refractivity contribution in [3.05, 3.63) is 54.0 Å². The summed E-state index contributed by atoms with van der Waals surface area (Å²) in [6.45, 7) is 3.13. The summed E-state index contributed by atoms with van der Waals surface area (Å²) in [7, 11) is 0. The summed E-state index contributed by atoms with van der Waals surface area (Å²) in [5.41, 5.74) is 1.39. The molecule has 38 heavy (non-hydrogen) atoms. The van der Waals surface area contributed by atoms with Crippen molar-refractivity contribution in [3.8, 4) is 5.88 Å². The third kappa shape index (κ3) is 5.34. The molecule has 0 radical (unpaired) electrons. The van der Waals surface area contributed by atoms with Crippen molar-refractivity contribution in [1.82, 2.24) is 30.0 Å². The lowest BCUT2D eigenvalue weighted by Crippen LogP contribution is -2.59. The van der Waals surface area contributed by atoms with Crippen molar-refractivity contribution in [3.63, 3.8) is 0 Å². The van der Waals surface area contributed by atoms with E-state index < -0.39 is 0 Å². The molecular formula is C27H32N6O5. The molecule has 11 nitrogen and oxygen atoms in total. The molecule has 0 aromatic carbocycles. The number of pyridine rings is 2. The lowest BCUT2D eigenvalue weighted by Gasteiger charge is -2.41. The van der Waals surface area contributed by atoms with E-state index in [1.54, 1.807) is 29.4 Å². The molecule has 0 unspecified atom stereocenters. The van der Waals surface area contributed by atoms with Gasteiger partial charge in [0.2, 0.25) is 17.7 Å². The highest BCUT2D eigenvalue weighted by atomic mass is 16.5. The molecule has 6 rings (SSSR count). The first kappa shape index (κ1) is 24.7. The maximum atomic E-state index is 13.4. The number of nitrogens with zero attached hydrogens (tertiary/aromatic N) is 5. The number of likely N-dealkylation sites (tertiary alicyclic amines) is 1. The van der Waals surface area contributed by atoms with Crippen molar-refractivity contribution < 1.29 is 23.9 Å². The standard InChI is InChI=1S/C27H32N6O5/c34-24-17-37-23-15-31(12-18-3-1-7-28-11-18)14-22(23)30-25(35)21-4-2-8-29-26(21)38-16-20-13-32(9-10-33(20)24)27(36)19-5-6-19/h1-4,7-8,11,19-20,22-23H,5-6,9-10,12-17H2,(H,30,35)/t20-,22+,23-/m0/s1. The zero-order valence-electron chi connectivity index (χ0n) is 21.2. The van der Waals surface area contributed by atoms with Crippen LogP contribution < -0.4 is 10.1 Å². The first-order valence-electron chi connectivity index (χ1n) is 13.2. The molecule has 2 aromatic heterocycles. The number of amides is 3. The van der Waals surface area contributed by atoms with E-state index in [4.69, 9.17) is 9.47 Å². The monoisotopic (exact) mass is 520 g/mol. The van der Waals surface area contributed by atoms with E-state index in [0.717, 1.165) is 18.4 Å². The number of hydrogen-bond donors (Lipinski definition) is 1. The molecule has 3 aliphatic heterocycles. The minimum Gasteiger partial charge on any atom is -0.475 e. The van der Waals surface area contributed by atoms with Crippen LogP contribution in [0.1, 0.15) is 28.8 Å². The van der Waals surface area contributed by atoms with Gasteiger partial charge in [0.05, 0.1) is 18.2 Å². The number of piperazine rings is 1. The normalized spacial score (nSPS) is 26.6. The van der Waals surface area contributed by atoms with Crippen LogP contribution in [0.25, 0.3) is 0 Å². The van der Waals surface area contributed by atoms with Gasteiger partial charge in [-0.25, -0.2) is 4.98 Å². The molecule has 2 saturated heterocycles. The molecule has 1 N–H and O–H groups in total. The van der Waals surface area contributed by atoms with Crippen LogP contribution in [0, 0.1) is 5.92 Å². The molecule has 0 bridgehead atoms. The van der Waals surface area contributed by atoms with E-state index in [1.165, 1.54) is 0 Å². The summed E-state index contributed by atoms with van der Waals surface area (Å²) in [5.74, 6) is 0.0258. The van der Waals surface area contributed by atoms with Crippen LogP contribution in [0.3, 0.4) is 0 Å². The van der Waals surface area contributed by atoms with E-state index in [2.05, 4.69) is 20.2 Å². The number of hydrogen-bond acceptors (Lipinski definition) is 8.